The fourth-order valence-corrected chi connectivity index (χ4v) is 8.28. The summed E-state index contributed by atoms with van der Waals surface area (Å²) in [5.74, 6) is 1.94. The van der Waals surface area contributed by atoms with Crippen molar-refractivity contribution in [1.82, 2.24) is 19.5 Å². The second-order valence-corrected chi connectivity index (χ2v) is 13.6. The fourth-order valence-electron chi connectivity index (χ4n) is 8.28. The Bertz CT molecular complexity index is 3010. The average molecular weight is 675 g/mol. The van der Waals surface area contributed by atoms with Crippen LogP contribution in [0.5, 0.6) is 0 Å². The van der Waals surface area contributed by atoms with Gasteiger partial charge < -0.3 is 4.57 Å². The number of nitrogens with zero attached hydrogens (tertiary/aromatic N) is 4. The maximum absolute atomic E-state index is 5.01. The summed E-state index contributed by atoms with van der Waals surface area (Å²) in [5.41, 5.74) is 6.33. The fraction of sp³-hybridized carbons (Fsp3) is 0. The molecule has 0 radical (unpaired) electrons. The predicted molar refractivity (Wildman–Crippen MR) is 220 cm³/mol. The van der Waals surface area contributed by atoms with E-state index in [1.807, 2.05) is 60.7 Å². The Balaban J connectivity index is 1.23. The minimum absolute atomic E-state index is 0.638. The first-order valence-corrected chi connectivity index (χ1v) is 18.0. The largest absolute Gasteiger partial charge is 0.308 e. The van der Waals surface area contributed by atoms with Crippen LogP contribution in [-0.2, 0) is 0 Å². The van der Waals surface area contributed by atoms with Crippen LogP contribution in [0.15, 0.2) is 182 Å². The van der Waals surface area contributed by atoms with Gasteiger partial charge in [-0.3, -0.25) is 0 Å². The number of rotatable bonds is 4. The van der Waals surface area contributed by atoms with E-state index in [9.17, 15) is 0 Å². The number of benzene rings is 9. The summed E-state index contributed by atoms with van der Waals surface area (Å²) in [7, 11) is 0. The lowest BCUT2D eigenvalue weighted by molar-refractivity contribution is 1.07. The van der Waals surface area contributed by atoms with E-state index in [0.29, 0.717) is 17.5 Å². The number of hydrogen-bond acceptors (Lipinski definition) is 3. The number of aromatic nitrogens is 4. The van der Waals surface area contributed by atoms with Gasteiger partial charge in [0.05, 0.1) is 11.0 Å². The minimum Gasteiger partial charge on any atom is -0.308 e. The Kier molecular flexibility index (Phi) is 6.52. The Labute approximate surface area is 305 Å². The molecule has 53 heavy (non-hydrogen) atoms. The Morgan fingerprint density at radius 2 is 0.566 bits per heavy atom. The number of fused-ring (bicyclic) bond motifs is 13. The first-order chi connectivity index (χ1) is 26.3. The minimum atomic E-state index is 0.638. The molecule has 0 aliphatic carbocycles. The summed E-state index contributed by atoms with van der Waals surface area (Å²) in [5, 5.41) is 12.5. The maximum atomic E-state index is 5.01. The molecule has 0 spiro atoms. The highest BCUT2D eigenvalue weighted by atomic mass is 15.0. The van der Waals surface area contributed by atoms with Crippen molar-refractivity contribution in [2.24, 2.45) is 0 Å². The van der Waals surface area contributed by atoms with Crippen LogP contribution in [0, 0.1) is 0 Å². The van der Waals surface area contributed by atoms with Gasteiger partial charge in [-0.2, -0.15) is 0 Å². The molecule has 246 valence electrons. The van der Waals surface area contributed by atoms with Crippen molar-refractivity contribution >= 4 is 64.9 Å². The van der Waals surface area contributed by atoms with Crippen LogP contribution in [0.3, 0.4) is 0 Å². The van der Waals surface area contributed by atoms with Gasteiger partial charge in [-0.25, -0.2) is 15.0 Å². The zero-order valence-corrected chi connectivity index (χ0v) is 28.6. The van der Waals surface area contributed by atoms with Crippen molar-refractivity contribution in [3.63, 3.8) is 0 Å². The van der Waals surface area contributed by atoms with Crippen LogP contribution in [0.4, 0.5) is 0 Å². The van der Waals surface area contributed by atoms with Gasteiger partial charge in [0.25, 0.3) is 0 Å². The third-order valence-corrected chi connectivity index (χ3v) is 10.6. The first kappa shape index (κ1) is 29.5. The summed E-state index contributed by atoms with van der Waals surface area (Å²) in [6, 6.07) is 64.4. The molecule has 0 amide bonds. The van der Waals surface area contributed by atoms with E-state index < -0.39 is 0 Å². The van der Waals surface area contributed by atoms with Crippen LogP contribution in [0.2, 0.25) is 0 Å². The summed E-state index contributed by atoms with van der Waals surface area (Å²) in [6.45, 7) is 0. The van der Waals surface area contributed by atoms with Crippen molar-refractivity contribution < 1.29 is 0 Å². The molecule has 0 atom stereocenters. The van der Waals surface area contributed by atoms with E-state index >= 15 is 0 Å². The molecule has 11 rings (SSSR count). The van der Waals surface area contributed by atoms with Crippen LogP contribution in [-0.4, -0.2) is 19.5 Å². The highest BCUT2D eigenvalue weighted by Crippen LogP contribution is 2.47. The van der Waals surface area contributed by atoms with Crippen LogP contribution in [0.25, 0.3) is 105 Å². The van der Waals surface area contributed by atoms with Gasteiger partial charge in [-0.1, -0.05) is 158 Å². The van der Waals surface area contributed by atoms with Gasteiger partial charge in [0.2, 0.25) is 0 Å². The molecule has 0 aliphatic rings. The summed E-state index contributed by atoms with van der Waals surface area (Å²) in [4.78, 5) is 14.9. The molecule has 0 saturated carbocycles. The molecular formula is C49H30N4. The second kappa shape index (κ2) is 11.7. The summed E-state index contributed by atoms with van der Waals surface area (Å²) >= 11 is 0. The average Bonchev–Trinajstić information content (AvgIpc) is 3.62. The monoisotopic (exact) mass is 674 g/mol. The molecule has 4 heteroatoms. The standard InChI is InChI=1S/C49H30N4/c1-3-15-31(16-4-1)47-50-48(32-17-5-2-6-18-32)52-49(51-47)33-27-29-34(30-28-33)53-45-41-25-13-9-21-37(41)35-19-7-11-23-39(35)43(45)44-40-24-12-8-20-36(40)38-22-10-14-26-42(38)46(44)53/h1-30H. The molecule has 9 aromatic carbocycles. The molecule has 0 N–H and O–H groups in total. The highest BCUT2D eigenvalue weighted by Gasteiger charge is 2.23. The van der Waals surface area contributed by atoms with E-state index in [0.717, 1.165) is 22.4 Å². The molecule has 0 bridgehead atoms. The van der Waals surface area contributed by atoms with E-state index in [2.05, 4.69) is 126 Å². The predicted octanol–water partition coefficient (Wildman–Crippen LogP) is 12.6. The normalized spacial score (nSPS) is 11.8. The van der Waals surface area contributed by atoms with Gasteiger partial charge in [0.15, 0.2) is 17.5 Å². The summed E-state index contributed by atoms with van der Waals surface area (Å²) < 4.78 is 2.50. The number of hydrogen-bond donors (Lipinski definition) is 0. The first-order valence-electron chi connectivity index (χ1n) is 18.0. The third kappa shape index (κ3) is 4.52. The third-order valence-electron chi connectivity index (χ3n) is 10.6. The van der Waals surface area contributed by atoms with Gasteiger partial charge in [-0.15, -0.1) is 0 Å². The van der Waals surface area contributed by atoms with Crippen molar-refractivity contribution in [2.75, 3.05) is 0 Å². The van der Waals surface area contributed by atoms with Crippen LogP contribution < -0.4 is 0 Å². The van der Waals surface area contributed by atoms with Gasteiger partial charge in [0.1, 0.15) is 0 Å². The van der Waals surface area contributed by atoms with Crippen molar-refractivity contribution in [3.05, 3.63) is 182 Å². The van der Waals surface area contributed by atoms with Crippen molar-refractivity contribution in [3.8, 4) is 39.9 Å². The van der Waals surface area contributed by atoms with Gasteiger partial charge in [0, 0.05) is 43.9 Å². The summed E-state index contributed by atoms with van der Waals surface area (Å²) in [6.07, 6.45) is 0. The maximum Gasteiger partial charge on any atom is 0.164 e. The lowest BCUT2D eigenvalue weighted by Crippen LogP contribution is -2.00. The zero-order chi connectivity index (χ0) is 34.9. The quantitative estimate of drug-likeness (QED) is 0.175. The van der Waals surface area contributed by atoms with E-state index in [4.69, 9.17) is 15.0 Å². The topological polar surface area (TPSA) is 43.6 Å². The van der Waals surface area contributed by atoms with E-state index in [1.165, 1.54) is 64.9 Å². The molecule has 0 saturated heterocycles. The SMILES string of the molecule is c1ccc(-c2nc(-c3ccccc3)nc(-c3ccc(-n4c5c6ccccc6c6ccccc6c5c5c6ccccc6c6ccccc6c54)cc3)n2)cc1. The second-order valence-electron chi connectivity index (χ2n) is 13.6. The van der Waals surface area contributed by atoms with Gasteiger partial charge >= 0.3 is 0 Å². The molecule has 2 heterocycles. The molecule has 0 unspecified atom stereocenters. The zero-order valence-electron chi connectivity index (χ0n) is 28.6. The van der Waals surface area contributed by atoms with Crippen molar-refractivity contribution in [1.29, 1.82) is 0 Å². The highest BCUT2D eigenvalue weighted by molar-refractivity contribution is 6.40. The molecule has 2 aromatic heterocycles. The Morgan fingerprint density at radius 1 is 0.264 bits per heavy atom. The van der Waals surface area contributed by atoms with Crippen LogP contribution >= 0.6 is 0 Å². The van der Waals surface area contributed by atoms with Gasteiger partial charge in [-0.05, 0) is 56.6 Å². The van der Waals surface area contributed by atoms with Crippen molar-refractivity contribution in [2.45, 2.75) is 0 Å². The smallest absolute Gasteiger partial charge is 0.164 e. The molecule has 0 aliphatic heterocycles. The molecular weight excluding hydrogens is 645 g/mol. The Morgan fingerprint density at radius 3 is 0.962 bits per heavy atom. The van der Waals surface area contributed by atoms with E-state index in [-0.39, 0.29) is 0 Å². The van der Waals surface area contributed by atoms with E-state index in [1.54, 1.807) is 0 Å². The Hall–Kier alpha value is -7.17. The molecule has 0 fully saturated rings. The van der Waals surface area contributed by atoms with Crippen LogP contribution in [0.1, 0.15) is 0 Å². The molecule has 4 nitrogen and oxygen atoms in total. The molecule has 11 aromatic rings. The lowest BCUT2D eigenvalue weighted by Gasteiger charge is -2.14. The lowest BCUT2D eigenvalue weighted by atomic mass is 9.93.